The number of alkyl halides is 3. The number of carbonyl (C=O) groups excluding carboxylic acids is 1. The summed E-state index contributed by atoms with van der Waals surface area (Å²) in [7, 11) is 3.09. The monoisotopic (exact) mass is 455 g/mol. The third-order valence-electron chi connectivity index (χ3n) is 4.83. The Morgan fingerprint density at radius 2 is 1.68 bits per heavy atom. The standard InChI is InChI=1S/C21H21ClF3N3O3/c1-30-16-9-14(10-17(12-16)31-2)3-4-19(29)27-5-7-28(8-6-27)20-18(22)11-15(13-26-20)21(23,24)25/h3-4,9-13H,5-8H2,1-2H3/b4-3+. The Balaban J connectivity index is 1.62. The molecule has 3 rings (SSSR count). The number of hydrogen-bond acceptors (Lipinski definition) is 5. The van der Waals surface area contributed by atoms with Crippen molar-refractivity contribution in [2.75, 3.05) is 45.3 Å². The van der Waals surface area contributed by atoms with E-state index in [1.54, 1.807) is 48.3 Å². The van der Waals surface area contributed by atoms with Crippen LogP contribution < -0.4 is 14.4 Å². The molecule has 6 nitrogen and oxygen atoms in total. The molecule has 166 valence electrons. The van der Waals surface area contributed by atoms with Gasteiger partial charge in [-0.2, -0.15) is 13.2 Å². The van der Waals surface area contributed by atoms with Gasteiger partial charge in [-0.3, -0.25) is 4.79 Å². The molecule has 2 heterocycles. The van der Waals surface area contributed by atoms with Crippen LogP contribution in [0.25, 0.3) is 6.08 Å². The molecule has 1 aliphatic heterocycles. The molecule has 1 aliphatic rings. The zero-order valence-electron chi connectivity index (χ0n) is 16.9. The lowest BCUT2D eigenvalue weighted by Crippen LogP contribution is -2.48. The van der Waals surface area contributed by atoms with Crippen LogP contribution >= 0.6 is 11.6 Å². The zero-order chi connectivity index (χ0) is 22.6. The van der Waals surface area contributed by atoms with Crippen LogP contribution in [0, 0.1) is 0 Å². The number of anilines is 1. The number of hydrogen-bond donors (Lipinski definition) is 0. The number of carbonyl (C=O) groups is 1. The number of aromatic nitrogens is 1. The van der Waals surface area contributed by atoms with Gasteiger partial charge in [0.15, 0.2) is 0 Å². The summed E-state index contributed by atoms with van der Waals surface area (Å²) in [5.41, 5.74) is -0.140. The minimum absolute atomic E-state index is 0.0681. The Kier molecular flexibility index (Phi) is 6.94. The summed E-state index contributed by atoms with van der Waals surface area (Å²) in [4.78, 5) is 19.8. The molecule has 1 amide bonds. The third kappa shape index (κ3) is 5.61. The first-order valence-corrected chi connectivity index (χ1v) is 9.77. The van der Waals surface area contributed by atoms with E-state index in [2.05, 4.69) is 4.98 Å². The van der Waals surface area contributed by atoms with Crippen molar-refractivity contribution in [2.45, 2.75) is 6.18 Å². The number of methoxy groups -OCH3 is 2. The topological polar surface area (TPSA) is 54.9 Å². The zero-order valence-corrected chi connectivity index (χ0v) is 17.7. The second-order valence-corrected chi connectivity index (χ2v) is 7.23. The van der Waals surface area contributed by atoms with Crippen LogP contribution in [-0.2, 0) is 11.0 Å². The van der Waals surface area contributed by atoms with Crippen molar-refractivity contribution in [3.8, 4) is 11.5 Å². The van der Waals surface area contributed by atoms with Gasteiger partial charge in [-0.15, -0.1) is 0 Å². The van der Waals surface area contributed by atoms with Crippen LogP contribution in [0.2, 0.25) is 5.02 Å². The lowest BCUT2D eigenvalue weighted by atomic mass is 10.1. The smallest absolute Gasteiger partial charge is 0.417 e. The van der Waals surface area contributed by atoms with Crippen molar-refractivity contribution < 1.29 is 27.4 Å². The fourth-order valence-electron chi connectivity index (χ4n) is 3.16. The second-order valence-electron chi connectivity index (χ2n) is 6.82. The van der Waals surface area contributed by atoms with E-state index in [1.807, 2.05) is 0 Å². The van der Waals surface area contributed by atoms with Crippen LogP contribution in [0.5, 0.6) is 11.5 Å². The minimum Gasteiger partial charge on any atom is -0.497 e. The predicted octanol–water partition coefficient (Wildman–Crippen LogP) is 4.13. The summed E-state index contributed by atoms with van der Waals surface area (Å²) in [6, 6.07) is 6.16. The van der Waals surface area contributed by atoms with Gasteiger partial charge < -0.3 is 19.3 Å². The molecule has 0 bridgehead atoms. The average Bonchev–Trinajstić information content (AvgIpc) is 2.76. The van der Waals surface area contributed by atoms with Crippen LogP contribution in [0.3, 0.4) is 0 Å². The number of halogens is 4. The quantitative estimate of drug-likeness (QED) is 0.634. The van der Waals surface area contributed by atoms with Crippen LogP contribution in [0.1, 0.15) is 11.1 Å². The van der Waals surface area contributed by atoms with Crippen molar-refractivity contribution in [3.05, 3.63) is 52.7 Å². The molecule has 31 heavy (non-hydrogen) atoms. The summed E-state index contributed by atoms with van der Waals surface area (Å²) in [6.45, 7) is 1.60. The number of nitrogens with zero attached hydrogens (tertiary/aromatic N) is 3. The van der Waals surface area contributed by atoms with Gasteiger partial charge >= 0.3 is 6.18 Å². The van der Waals surface area contributed by atoms with Crippen molar-refractivity contribution in [1.82, 2.24) is 9.88 Å². The number of rotatable bonds is 5. The number of pyridine rings is 1. The van der Waals surface area contributed by atoms with Gasteiger partial charge in [0.2, 0.25) is 5.91 Å². The predicted molar refractivity (Wildman–Crippen MR) is 112 cm³/mol. The molecule has 0 N–H and O–H groups in total. The maximum absolute atomic E-state index is 12.8. The highest BCUT2D eigenvalue weighted by Gasteiger charge is 2.32. The van der Waals surface area contributed by atoms with E-state index in [4.69, 9.17) is 21.1 Å². The van der Waals surface area contributed by atoms with Crippen molar-refractivity contribution in [2.24, 2.45) is 0 Å². The maximum Gasteiger partial charge on any atom is 0.417 e. The van der Waals surface area contributed by atoms with Crippen molar-refractivity contribution >= 4 is 29.4 Å². The summed E-state index contributed by atoms with van der Waals surface area (Å²) in [6.07, 6.45) is -0.593. The first kappa shape index (κ1) is 22.7. The molecular formula is C21H21ClF3N3O3. The van der Waals surface area contributed by atoms with Gasteiger partial charge in [0.25, 0.3) is 0 Å². The molecule has 1 fully saturated rings. The fourth-order valence-corrected chi connectivity index (χ4v) is 3.44. The van der Waals surface area contributed by atoms with Gasteiger partial charge in [0.05, 0.1) is 24.8 Å². The first-order valence-electron chi connectivity index (χ1n) is 9.39. The van der Waals surface area contributed by atoms with Gasteiger partial charge in [-0.05, 0) is 29.8 Å². The number of benzene rings is 1. The molecule has 1 saturated heterocycles. The molecule has 0 atom stereocenters. The number of amides is 1. The number of piperazine rings is 1. The largest absolute Gasteiger partial charge is 0.497 e. The Bertz CT molecular complexity index is 952. The summed E-state index contributed by atoms with van der Waals surface area (Å²) >= 11 is 6.02. The SMILES string of the molecule is COc1cc(/C=C/C(=O)N2CCN(c3ncc(C(F)(F)F)cc3Cl)CC2)cc(OC)c1. The first-order chi connectivity index (χ1) is 14.7. The van der Waals surface area contributed by atoms with E-state index < -0.39 is 11.7 Å². The van der Waals surface area contributed by atoms with Crippen molar-refractivity contribution in [3.63, 3.8) is 0 Å². The van der Waals surface area contributed by atoms with E-state index in [1.165, 1.54) is 6.08 Å². The van der Waals surface area contributed by atoms with E-state index in [0.717, 1.165) is 17.8 Å². The summed E-state index contributed by atoms with van der Waals surface area (Å²) < 4.78 is 48.8. The Morgan fingerprint density at radius 1 is 1.06 bits per heavy atom. The molecule has 2 aromatic rings. The van der Waals surface area contributed by atoms with Crippen molar-refractivity contribution in [1.29, 1.82) is 0 Å². The average molecular weight is 456 g/mol. The number of ether oxygens (including phenoxy) is 2. The summed E-state index contributed by atoms with van der Waals surface area (Å²) in [5, 5.41) is -0.0681. The Hall–Kier alpha value is -2.94. The molecule has 1 aromatic carbocycles. The van der Waals surface area contributed by atoms with E-state index in [9.17, 15) is 18.0 Å². The van der Waals surface area contributed by atoms with E-state index in [0.29, 0.717) is 37.7 Å². The highest BCUT2D eigenvalue weighted by Crippen LogP contribution is 2.33. The van der Waals surface area contributed by atoms with Gasteiger partial charge in [-0.25, -0.2) is 4.98 Å². The highest BCUT2D eigenvalue weighted by atomic mass is 35.5. The molecule has 0 spiro atoms. The molecule has 0 unspecified atom stereocenters. The van der Waals surface area contributed by atoms with Gasteiger partial charge in [0, 0.05) is 44.5 Å². The van der Waals surface area contributed by atoms with Crippen LogP contribution in [0.4, 0.5) is 19.0 Å². The lowest BCUT2D eigenvalue weighted by Gasteiger charge is -2.35. The summed E-state index contributed by atoms with van der Waals surface area (Å²) in [5.74, 6) is 1.33. The Morgan fingerprint density at radius 3 is 2.19 bits per heavy atom. The van der Waals surface area contributed by atoms with E-state index >= 15 is 0 Å². The van der Waals surface area contributed by atoms with Crippen LogP contribution in [0.15, 0.2) is 36.5 Å². The molecule has 10 heteroatoms. The molecule has 1 aromatic heterocycles. The molecule has 0 radical (unpaired) electrons. The van der Waals surface area contributed by atoms with Gasteiger partial charge in [-0.1, -0.05) is 11.6 Å². The Labute approximate surface area is 182 Å². The molecule has 0 aliphatic carbocycles. The lowest BCUT2D eigenvalue weighted by molar-refractivity contribution is -0.137. The molecular weight excluding hydrogens is 435 g/mol. The molecule has 0 saturated carbocycles. The fraction of sp³-hybridized carbons (Fsp3) is 0.333. The second kappa shape index (κ2) is 9.47. The van der Waals surface area contributed by atoms with E-state index in [-0.39, 0.29) is 16.7 Å². The maximum atomic E-state index is 12.8. The van der Waals surface area contributed by atoms with Gasteiger partial charge in [0.1, 0.15) is 17.3 Å². The van der Waals surface area contributed by atoms with Crippen LogP contribution in [-0.4, -0.2) is 56.2 Å². The normalized spacial score (nSPS) is 14.8. The minimum atomic E-state index is -4.50. The third-order valence-corrected chi connectivity index (χ3v) is 5.11. The highest BCUT2D eigenvalue weighted by molar-refractivity contribution is 6.33.